The molecule has 25 heavy (non-hydrogen) atoms. The van der Waals surface area contributed by atoms with Gasteiger partial charge in [0, 0.05) is 38.5 Å². The number of para-hydroxylation sites is 1. The average molecular weight is 346 g/mol. The molecule has 0 radical (unpaired) electrons. The summed E-state index contributed by atoms with van der Waals surface area (Å²) in [6.45, 7) is 4.57. The first-order valence-electron chi connectivity index (χ1n) is 9.44. The third-order valence-electron chi connectivity index (χ3n) is 5.86. The first-order valence-corrected chi connectivity index (χ1v) is 9.44. The number of rotatable bonds is 5. The van der Waals surface area contributed by atoms with Gasteiger partial charge in [-0.1, -0.05) is 18.2 Å². The molecule has 1 saturated carbocycles. The van der Waals surface area contributed by atoms with Crippen molar-refractivity contribution in [1.29, 1.82) is 0 Å². The van der Waals surface area contributed by atoms with Gasteiger partial charge in [-0.3, -0.25) is 0 Å². The maximum absolute atomic E-state index is 12.0. The Morgan fingerprint density at radius 2 is 1.88 bits per heavy atom. The molecule has 1 aromatic carbocycles. The summed E-state index contributed by atoms with van der Waals surface area (Å²) in [5.74, 6) is 0.535. The molecule has 1 aromatic rings. The van der Waals surface area contributed by atoms with Gasteiger partial charge in [-0.05, 0) is 50.2 Å². The molecule has 2 aliphatic rings. The van der Waals surface area contributed by atoms with E-state index in [0.717, 1.165) is 38.0 Å². The van der Waals surface area contributed by atoms with E-state index in [2.05, 4.69) is 4.90 Å². The van der Waals surface area contributed by atoms with Crippen LogP contribution >= 0.6 is 0 Å². The molecule has 1 heterocycles. The lowest BCUT2D eigenvalue weighted by atomic mass is 9.85. The van der Waals surface area contributed by atoms with Crippen molar-refractivity contribution >= 4 is 5.97 Å². The van der Waals surface area contributed by atoms with E-state index in [4.69, 9.17) is 10.5 Å². The van der Waals surface area contributed by atoms with Crippen LogP contribution in [0.4, 0.5) is 0 Å². The number of aliphatic carboxylic acids is 1. The van der Waals surface area contributed by atoms with Crippen LogP contribution in [0, 0.1) is 12.8 Å². The van der Waals surface area contributed by atoms with Crippen molar-refractivity contribution in [2.45, 2.75) is 57.1 Å². The molecular formula is C20H30N2O3. The van der Waals surface area contributed by atoms with Gasteiger partial charge in [0.25, 0.3) is 0 Å². The number of carboxylic acids is 1. The molecule has 0 spiro atoms. The Morgan fingerprint density at radius 1 is 1.24 bits per heavy atom. The number of carbonyl (C=O) groups is 1. The average Bonchev–Trinajstić information content (AvgIpc) is 2.60. The lowest BCUT2D eigenvalue weighted by molar-refractivity contribution is -0.160. The van der Waals surface area contributed by atoms with Gasteiger partial charge in [-0.15, -0.1) is 0 Å². The third-order valence-corrected chi connectivity index (χ3v) is 5.86. The zero-order valence-corrected chi connectivity index (χ0v) is 15.1. The molecule has 1 aliphatic heterocycles. The largest absolute Gasteiger partial charge is 0.478 e. The van der Waals surface area contributed by atoms with Crippen LogP contribution in [0.1, 0.15) is 44.1 Å². The number of benzene rings is 1. The van der Waals surface area contributed by atoms with Gasteiger partial charge in [0.15, 0.2) is 0 Å². The molecule has 0 bridgehead atoms. The summed E-state index contributed by atoms with van der Waals surface area (Å²) in [4.78, 5) is 14.4. The molecule has 1 aliphatic carbocycles. The fraction of sp³-hybridized carbons (Fsp3) is 0.650. The molecule has 5 heteroatoms. The highest BCUT2D eigenvalue weighted by molar-refractivity contribution is 5.78. The lowest BCUT2D eigenvalue weighted by Crippen LogP contribution is -2.54. The van der Waals surface area contributed by atoms with E-state index in [1.165, 1.54) is 12.8 Å². The smallest absolute Gasteiger partial charge is 0.348 e. The summed E-state index contributed by atoms with van der Waals surface area (Å²) in [5.41, 5.74) is 5.87. The molecule has 0 aromatic heterocycles. The Morgan fingerprint density at radius 3 is 2.48 bits per heavy atom. The highest BCUT2D eigenvalue weighted by atomic mass is 16.5. The topological polar surface area (TPSA) is 75.8 Å². The van der Waals surface area contributed by atoms with Gasteiger partial charge in [0.1, 0.15) is 5.75 Å². The number of nitrogens with two attached hydrogens (primary N) is 1. The van der Waals surface area contributed by atoms with E-state index >= 15 is 0 Å². The van der Waals surface area contributed by atoms with Crippen molar-refractivity contribution in [3.63, 3.8) is 0 Å². The fourth-order valence-electron chi connectivity index (χ4n) is 4.07. The van der Waals surface area contributed by atoms with E-state index in [9.17, 15) is 9.90 Å². The van der Waals surface area contributed by atoms with Crippen LogP contribution in [0.3, 0.4) is 0 Å². The second kappa shape index (κ2) is 7.75. The monoisotopic (exact) mass is 346 g/mol. The van der Waals surface area contributed by atoms with Gasteiger partial charge in [-0.25, -0.2) is 4.79 Å². The number of piperidine rings is 1. The predicted octanol–water partition coefficient (Wildman–Crippen LogP) is 2.81. The Hall–Kier alpha value is -1.59. The highest BCUT2D eigenvalue weighted by Gasteiger charge is 2.44. The second-order valence-electron chi connectivity index (χ2n) is 7.75. The number of hydrogen-bond donors (Lipinski definition) is 2. The van der Waals surface area contributed by atoms with Crippen LogP contribution in [0.15, 0.2) is 24.3 Å². The minimum atomic E-state index is -1.10. The minimum Gasteiger partial charge on any atom is -0.478 e. The molecule has 1 saturated heterocycles. The van der Waals surface area contributed by atoms with E-state index in [-0.39, 0.29) is 0 Å². The van der Waals surface area contributed by atoms with Gasteiger partial charge in [-0.2, -0.15) is 0 Å². The number of hydrogen-bond acceptors (Lipinski definition) is 4. The van der Waals surface area contributed by atoms with Crippen LogP contribution in [-0.2, 0) is 4.79 Å². The van der Waals surface area contributed by atoms with Gasteiger partial charge >= 0.3 is 5.97 Å². The number of aryl methyl sites for hydroxylation is 1. The van der Waals surface area contributed by atoms with Crippen molar-refractivity contribution in [3.05, 3.63) is 29.8 Å². The number of ether oxygens (including phenoxy) is 1. The normalized spacial score (nSPS) is 27.0. The maximum atomic E-state index is 12.0. The molecule has 3 rings (SSSR count). The molecule has 5 nitrogen and oxygen atoms in total. The van der Waals surface area contributed by atoms with Crippen LogP contribution < -0.4 is 10.5 Å². The molecule has 138 valence electrons. The van der Waals surface area contributed by atoms with Crippen LogP contribution in [0.25, 0.3) is 0 Å². The van der Waals surface area contributed by atoms with Crippen LogP contribution in [0.2, 0.25) is 0 Å². The Kier molecular flexibility index (Phi) is 5.64. The van der Waals surface area contributed by atoms with Crippen molar-refractivity contribution in [2.24, 2.45) is 11.7 Å². The molecule has 2 fully saturated rings. The minimum absolute atomic E-state index is 0.375. The third kappa shape index (κ3) is 4.33. The Bertz CT molecular complexity index is 588. The van der Waals surface area contributed by atoms with Crippen molar-refractivity contribution < 1.29 is 14.6 Å². The molecule has 3 N–H and O–H groups in total. The predicted molar refractivity (Wildman–Crippen MR) is 97.8 cm³/mol. The summed E-state index contributed by atoms with van der Waals surface area (Å²) in [5, 5.41) is 9.82. The molecule has 0 atom stereocenters. The SMILES string of the molecule is Cc1ccccc1OC1(C(=O)O)CCN(CC2CCC(N)CC2)CC1. The maximum Gasteiger partial charge on any atom is 0.348 e. The summed E-state index contributed by atoms with van der Waals surface area (Å²) >= 11 is 0. The quantitative estimate of drug-likeness (QED) is 0.857. The van der Waals surface area contributed by atoms with E-state index in [1.807, 2.05) is 31.2 Å². The molecule has 0 amide bonds. The summed E-state index contributed by atoms with van der Waals surface area (Å²) < 4.78 is 6.04. The van der Waals surface area contributed by atoms with E-state index < -0.39 is 11.6 Å². The highest BCUT2D eigenvalue weighted by Crippen LogP contribution is 2.32. The molecular weight excluding hydrogens is 316 g/mol. The van der Waals surface area contributed by atoms with Crippen LogP contribution in [-0.4, -0.2) is 47.3 Å². The van der Waals surface area contributed by atoms with Gasteiger partial charge < -0.3 is 20.5 Å². The van der Waals surface area contributed by atoms with Crippen molar-refractivity contribution in [2.75, 3.05) is 19.6 Å². The first-order chi connectivity index (χ1) is 12.0. The summed E-state index contributed by atoms with van der Waals surface area (Å²) in [7, 11) is 0. The Labute approximate surface area is 150 Å². The van der Waals surface area contributed by atoms with E-state index in [1.54, 1.807) is 0 Å². The van der Waals surface area contributed by atoms with Crippen molar-refractivity contribution in [1.82, 2.24) is 4.90 Å². The summed E-state index contributed by atoms with van der Waals surface area (Å²) in [6.07, 6.45) is 5.69. The van der Waals surface area contributed by atoms with Gasteiger partial charge in [0.05, 0.1) is 0 Å². The Balaban J connectivity index is 1.59. The second-order valence-corrected chi connectivity index (χ2v) is 7.75. The standard InChI is InChI=1S/C20H30N2O3/c1-15-4-2-3-5-18(15)25-20(19(23)24)10-12-22(13-11-20)14-16-6-8-17(21)9-7-16/h2-5,16-17H,6-14,21H2,1H3,(H,23,24). The van der Waals surface area contributed by atoms with Gasteiger partial charge in [0.2, 0.25) is 5.60 Å². The first kappa shape index (κ1) is 18.2. The van der Waals surface area contributed by atoms with Crippen molar-refractivity contribution in [3.8, 4) is 5.75 Å². The fourth-order valence-corrected chi connectivity index (χ4v) is 4.07. The molecule has 0 unspecified atom stereocenters. The lowest BCUT2D eigenvalue weighted by Gasteiger charge is -2.40. The zero-order valence-electron chi connectivity index (χ0n) is 15.1. The number of nitrogens with zero attached hydrogens (tertiary/aromatic N) is 1. The summed E-state index contributed by atoms with van der Waals surface area (Å²) in [6, 6.07) is 8.01. The van der Waals surface area contributed by atoms with Crippen LogP contribution in [0.5, 0.6) is 5.75 Å². The van der Waals surface area contributed by atoms with E-state index in [0.29, 0.717) is 30.6 Å². The number of carboxylic acid groups (broad SMARTS) is 1. The zero-order chi connectivity index (χ0) is 17.9. The number of likely N-dealkylation sites (tertiary alicyclic amines) is 1.